The number of pyridine rings is 1. The predicted octanol–water partition coefficient (Wildman–Crippen LogP) is 2.95. The molecule has 128 valence electrons. The number of carbonyl (C=O) groups excluding carboxylic acids is 1. The van der Waals surface area contributed by atoms with Gasteiger partial charge in [0, 0.05) is 31.2 Å². The maximum atomic E-state index is 12.7. The van der Waals surface area contributed by atoms with Gasteiger partial charge in [-0.05, 0) is 53.0 Å². The molecule has 9 heteroatoms. The highest BCUT2D eigenvalue weighted by Crippen LogP contribution is 2.31. The summed E-state index contributed by atoms with van der Waals surface area (Å²) in [5.74, 6) is -0.515. The highest BCUT2D eigenvalue weighted by molar-refractivity contribution is 9.11. The number of aromatic nitrogens is 1. The number of nitrogens with one attached hydrogen (secondary N) is 1. The summed E-state index contributed by atoms with van der Waals surface area (Å²) in [7, 11) is -3.55. The molecule has 1 saturated heterocycles. The SMILES string of the molecule is O=C(Nc1ccncc1)[C@@H]1CCCN(S(=O)(=O)c2ccc(Br)s2)C1. The summed E-state index contributed by atoms with van der Waals surface area (Å²) in [5.41, 5.74) is 0.664. The van der Waals surface area contributed by atoms with Gasteiger partial charge in [0.15, 0.2) is 0 Å². The number of piperidine rings is 1. The van der Waals surface area contributed by atoms with Crippen LogP contribution >= 0.6 is 27.3 Å². The fourth-order valence-corrected chi connectivity index (χ4v) is 6.31. The first-order chi connectivity index (χ1) is 11.5. The van der Waals surface area contributed by atoms with Crippen molar-refractivity contribution in [3.8, 4) is 0 Å². The van der Waals surface area contributed by atoms with Crippen molar-refractivity contribution < 1.29 is 13.2 Å². The second-order valence-electron chi connectivity index (χ2n) is 5.49. The number of anilines is 1. The van der Waals surface area contributed by atoms with Gasteiger partial charge in [-0.3, -0.25) is 9.78 Å². The number of hydrogen-bond acceptors (Lipinski definition) is 5. The normalized spacial score (nSPS) is 19.1. The van der Waals surface area contributed by atoms with Gasteiger partial charge in [-0.1, -0.05) is 0 Å². The lowest BCUT2D eigenvalue weighted by atomic mass is 9.99. The number of rotatable bonds is 4. The van der Waals surface area contributed by atoms with Crippen LogP contribution in [0.3, 0.4) is 0 Å². The van der Waals surface area contributed by atoms with Gasteiger partial charge < -0.3 is 5.32 Å². The van der Waals surface area contributed by atoms with Crippen molar-refractivity contribution in [3.05, 3.63) is 40.4 Å². The molecular formula is C15H16BrN3O3S2. The zero-order chi connectivity index (χ0) is 17.2. The molecule has 0 saturated carbocycles. The summed E-state index contributed by atoms with van der Waals surface area (Å²) in [6.45, 7) is 0.645. The Morgan fingerprint density at radius 1 is 1.29 bits per heavy atom. The number of amides is 1. The summed E-state index contributed by atoms with van der Waals surface area (Å²) >= 11 is 4.47. The summed E-state index contributed by atoms with van der Waals surface area (Å²) in [6, 6.07) is 6.72. The fourth-order valence-electron chi connectivity index (χ4n) is 2.62. The van der Waals surface area contributed by atoms with E-state index in [0.717, 1.165) is 3.79 Å². The van der Waals surface area contributed by atoms with Crippen molar-refractivity contribution in [1.29, 1.82) is 0 Å². The molecule has 0 radical (unpaired) electrons. The third-order valence-corrected chi connectivity index (χ3v) is 7.80. The Morgan fingerprint density at radius 3 is 2.71 bits per heavy atom. The summed E-state index contributed by atoms with van der Waals surface area (Å²) in [5, 5.41) is 2.82. The van der Waals surface area contributed by atoms with E-state index in [0.29, 0.717) is 29.3 Å². The van der Waals surface area contributed by atoms with E-state index in [2.05, 4.69) is 26.2 Å². The second-order valence-corrected chi connectivity index (χ2v) is 10.1. The molecule has 2 aromatic heterocycles. The molecule has 0 spiro atoms. The average Bonchev–Trinajstić information content (AvgIpc) is 3.03. The number of nitrogens with zero attached hydrogens (tertiary/aromatic N) is 2. The first-order valence-corrected chi connectivity index (χ1v) is 10.5. The Morgan fingerprint density at radius 2 is 2.04 bits per heavy atom. The van der Waals surface area contributed by atoms with Gasteiger partial charge in [-0.2, -0.15) is 4.31 Å². The summed E-state index contributed by atoms with van der Waals surface area (Å²) < 4.78 is 27.9. The maximum Gasteiger partial charge on any atom is 0.252 e. The van der Waals surface area contributed by atoms with E-state index in [1.807, 2.05) is 0 Å². The van der Waals surface area contributed by atoms with Crippen molar-refractivity contribution in [2.75, 3.05) is 18.4 Å². The molecule has 1 aliphatic rings. The van der Waals surface area contributed by atoms with Crippen LogP contribution in [0, 0.1) is 5.92 Å². The van der Waals surface area contributed by atoms with Gasteiger partial charge in [0.05, 0.1) is 9.70 Å². The van der Waals surface area contributed by atoms with Gasteiger partial charge in [-0.15, -0.1) is 11.3 Å². The molecule has 1 amide bonds. The van der Waals surface area contributed by atoms with Crippen molar-refractivity contribution in [2.24, 2.45) is 5.92 Å². The van der Waals surface area contributed by atoms with Crippen molar-refractivity contribution in [2.45, 2.75) is 17.1 Å². The van der Waals surface area contributed by atoms with Crippen LogP contribution in [0.2, 0.25) is 0 Å². The molecule has 0 aromatic carbocycles. The average molecular weight is 430 g/mol. The van der Waals surface area contributed by atoms with Gasteiger partial charge in [0.1, 0.15) is 4.21 Å². The lowest BCUT2D eigenvalue weighted by molar-refractivity contribution is -0.120. The molecule has 2 aromatic rings. The van der Waals surface area contributed by atoms with Crippen LogP contribution < -0.4 is 5.32 Å². The van der Waals surface area contributed by atoms with Crippen molar-refractivity contribution >= 4 is 48.9 Å². The predicted molar refractivity (Wildman–Crippen MR) is 96.4 cm³/mol. The van der Waals surface area contributed by atoms with E-state index in [9.17, 15) is 13.2 Å². The zero-order valence-corrected chi connectivity index (χ0v) is 15.9. The largest absolute Gasteiger partial charge is 0.326 e. The van der Waals surface area contributed by atoms with Crippen LogP contribution in [-0.4, -0.2) is 36.7 Å². The van der Waals surface area contributed by atoms with Gasteiger partial charge in [-0.25, -0.2) is 8.42 Å². The van der Waals surface area contributed by atoms with Crippen LogP contribution in [0.5, 0.6) is 0 Å². The minimum atomic E-state index is -3.55. The number of thiophene rings is 1. The summed E-state index contributed by atoms with van der Waals surface area (Å²) in [6.07, 6.45) is 4.54. The molecule has 0 unspecified atom stereocenters. The maximum absolute atomic E-state index is 12.7. The van der Waals surface area contributed by atoms with Crippen LogP contribution in [-0.2, 0) is 14.8 Å². The lowest BCUT2D eigenvalue weighted by Gasteiger charge is -2.30. The van der Waals surface area contributed by atoms with E-state index >= 15 is 0 Å². The van der Waals surface area contributed by atoms with E-state index in [4.69, 9.17) is 0 Å². The highest BCUT2D eigenvalue weighted by atomic mass is 79.9. The fraction of sp³-hybridized carbons (Fsp3) is 0.333. The van der Waals surface area contributed by atoms with E-state index in [1.54, 1.807) is 36.7 Å². The molecule has 0 bridgehead atoms. The Balaban J connectivity index is 1.71. The van der Waals surface area contributed by atoms with Crippen LogP contribution in [0.4, 0.5) is 5.69 Å². The molecule has 24 heavy (non-hydrogen) atoms. The third-order valence-electron chi connectivity index (χ3n) is 3.85. The number of sulfonamides is 1. The molecule has 3 heterocycles. The quantitative estimate of drug-likeness (QED) is 0.809. The Hall–Kier alpha value is -1.29. The Bertz CT molecular complexity index is 823. The molecule has 1 atom stereocenters. The smallest absolute Gasteiger partial charge is 0.252 e. The van der Waals surface area contributed by atoms with Crippen molar-refractivity contribution in [3.63, 3.8) is 0 Å². The molecule has 6 nitrogen and oxygen atoms in total. The molecule has 1 fully saturated rings. The summed E-state index contributed by atoms with van der Waals surface area (Å²) in [4.78, 5) is 16.3. The van der Waals surface area contributed by atoms with Gasteiger partial charge in [0.25, 0.3) is 10.0 Å². The number of carbonyl (C=O) groups is 1. The van der Waals surface area contributed by atoms with Crippen LogP contribution in [0.25, 0.3) is 0 Å². The van der Waals surface area contributed by atoms with Crippen LogP contribution in [0.1, 0.15) is 12.8 Å². The highest BCUT2D eigenvalue weighted by Gasteiger charge is 2.34. The minimum Gasteiger partial charge on any atom is -0.326 e. The Labute approximate surface area is 153 Å². The van der Waals surface area contributed by atoms with E-state index < -0.39 is 10.0 Å². The zero-order valence-electron chi connectivity index (χ0n) is 12.7. The number of hydrogen-bond donors (Lipinski definition) is 1. The van der Waals surface area contributed by atoms with Crippen molar-refractivity contribution in [1.82, 2.24) is 9.29 Å². The van der Waals surface area contributed by atoms with E-state index in [1.165, 1.54) is 15.6 Å². The molecule has 1 N–H and O–H groups in total. The molecule has 1 aliphatic heterocycles. The standard InChI is InChI=1S/C15H16BrN3O3S2/c16-13-3-4-14(23-13)24(21,22)19-9-1-2-11(10-19)15(20)18-12-5-7-17-8-6-12/h3-8,11H,1-2,9-10H2,(H,17,18,20)/t11-/m1/s1. The molecule has 3 rings (SSSR count). The van der Waals surface area contributed by atoms with E-state index in [-0.39, 0.29) is 18.4 Å². The first-order valence-electron chi connectivity index (χ1n) is 7.43. The first kappa shape index (κ1) is 17.5. The van der Waals surface area contributed by atoms with Gasteiger partial charge >= 0.3 is 0 Å². The third kappa shape index (κ3) is 3.85. The van der Waals surface area contributed by atoms with Gasteiger partial charge in [0.2, 0.25) is 5.91 Å². The minimum absolute atomic E-state index is 0.159. The topological polar surface area (TPSA) is 79.4 Å². The lowest BCUT2D eigenvalue weighted by Crippen LogP contribution is -2.43. The number of halogens is 1. The Kier molecular flexibility index (Phi) is 5.33. The van der Waals surface area contributed by atoms with Crippen LogP contribution in [0.15, 0.2) is 44.7 Å². The molecule has 0 aliphatic carbocycles. The monoisotopic (exact) mass is 429 g/mol. The second kappa shape index (κ2) is 7.30. The molecular weight excluding hydrogens is 414 g/mol.